The quantitative estimate of drug-likeness (QED) is 0.646. The zero-order chi connectivity index (χ0) is 9.10. The van der Waals surface area contributed by atoms with Gasteiger partial charge >= 0.3 is 0 Å². The molecule has 1 radical (unpaired) electrons. The van der Waals surface area contributed by atoms with Crippen LogP contribution < -0.4 is 5.32 Å². The third kappa shape index (κ3) is 2.23. The lowest BCUT2D eigenvalue weighted by Crippen LogP contribution is -2.20. The maximum Gasteiger partial charge on any atom is 0.232 e. The molecule has 0 aromatic rings. The minimum Gasteiger partial charge on any atom is -0.356 e. The summed E-state index contributed by atoms with van der Waals surface area (Å²) < 4.78 is 0. The molecule has 2 nitrogen and oxygen atoms in total. The summed E-state index contributed by atoms with van der Waals surface area (Å²) in [6, 6.07) is 0. The molecule has 67 valence electrons. The molecule has 1 fully saturated rings. The summed E-state index contributed by atoms with van der Waals surface area (Å²) in [6.07, 6.45) is 7.63. The third-order valence-corrected chi connectivity index (χ3v) is 2.27. The van der Waals surface area contributed by atoms with Crippen LogP contribution in [-0.4, -0.2) is 13.0 Å². The summed E-state index contributed by atoms with van der Waals surface area (Å²) in [5.41, 5.74) is 2.33. The number of amidine groups is 1. The molecule has 0 spiro atoms. The van der Waals surface area contributed by atoms with E-state index in [2.05, 4.69) is 29.3 Å². The van der Waals surface area contributed by atoms with E-state index < -0.39 is 0 Å². The number of rotatable bonds is 3. The predicted molar refractivity (Wildman–Crippen MR) is 56.6 cm³/mol. The highest BCUT2D eigenvalue weighted by Gasteiger charge is 2.28. The Morgan fingerprint density at radius 1 is 1.69 bits per heavy atom. The van der Waals surface area contributed by atoms with Gasteiger partial charge in [0.15, 0.2) is 0 Å². The van der Waals surface area contributed by atoms with Crippen LogP contribution in [0.15, 0.2) is 28.9 Å². The van der Waals surface area contributed by atoms with Crippen molar-refractivity contribution in [3.63, 3.8) is 0 Å². The van der Waals surface area contributed by atoms with Crippen molar-refractivity contribution >= 4 is 13.0 Å². The lowest BCUT2D eigenvalue weighted by Gasteiger charge is -2.01. The van der Waals surface area contributed by atoms with Crippen molar-refractivity contribution in [2.45, 2.75) is 26.2 Å². The Labute approximate surface area is 80.1 Å². The normalized spacial score (nSPS) is 24.7. The molecular weight excluding hydrogens is 159 g/mol. The summed E-state index contributed by atoms with van der Waals surface area (Å²) in [4.78, 5) is 4.29. The molecule has 0 aromatic carbocycles. The van der Waals surface area contributed by atoms with Crippen molar-refractivity contribution < 1.29 is 0 Å². The summed E-state index contributed by atoms with van der Waals surface area (Å²) in [5.74, 6) is 2.94. The van der Waals surface area contributed by atoms with Crippen molar-refractivity contribution in [1.82, 2.24) is 5.32 Å². The van der Waals surface area contributed by atoms with E-state index in [-0.39, 0.29) is 0 Å². The van der Waals surface area contributed by atoms with Crippen LogP contribution in [0.1, 0.15) is 26.2 Å². The van der Waals surface area contributed by atoms with Gasteiger partial charge in [-0.1, -0.05) is 19.0 Å². The van der Waals surface area contributed by atoms with E-state index in [4.69, 9.17) is 0 Å². The molecule has 2 rings (SSSR count). The lowest BCUT2D eigenvalue weighted by atomic mass is 9.79. The summed E-state index contributed by atoms with van der Waals surface area (Å²) in [6.45, 7) is 2.11. The number of hydrogen-bond donors (Lipinski definition) is 1. The number of nitrogens with zero attached hydrogens (tertiary/aromatic N) is 1. The molecule has 0 aromatic heterocycles. The van der Waals surface area contributed by atoms with Crippen LogP contribution in [0.25, 0.3) is 0 Å². The first-order chi connectivity index (χ1) is 6.40. The fourth-order valence-electron chi connectivity index (χ4n) is 1.35. The molecule has 2 aliphatic rings. The van der Waals surface area contributed by atoms with E-state index in [1.54, 1.807) is 0 Å². The Morgan fingerprint density at radius 2 is 2.54 bits per heavy atom. The first-order valence-electron chi connectivity index (χ1n) is 4.95. The number of aliphatic imine (C=N–C) groups is 1. The van der Waals surface area contributed by atoms with Crippen molar-refractivity contribution in [2.75, 3.05) is 0 Å². The Morgan fingerprint density at radius 3 is 3.23 bits per heavy atom. The van der Waals surface area contributed by atoms with Crippen LogP contribution >= 0.6 is 0 Å². The maximum absolute atomic E-state index is 4.29. The van der Waals surface area contributed by atoms with Gasteiger partial charge in [0.2, 0.25) is 7.28 Å². The standard InChI is InChI=1S/C10H14BN2/c1-2-3-6-12-10-11-7-9(13-10)8-4-5-8/h3,6-8H,2,4-5H2,1H3,(H,12,13)/b6-3+. The van der Waals surface area contributed by atoms with Crippen LogP contribution in [0.3, 0.4) is 0 Å². The second-order valence-electron chi connectivity index (χ2n) is 3.50. The van der Waals surface area contributed by atoms with Crippen LogP contribution in [0.2, 0.25) is 0 Å². The molecule has 0 bridgehead atoms. The Kier molecular flexibility index (Phi) is 2.53. The van der Waals surface area contributed by atoms with Crippen molar-refractivity contribution in [2.24, 2.45) is 10.9 Å². The van der Waals surface area contributed by atoms with Gasteiger partial charge in [0.05, 0.1) is 5.73 Å². The highest BCUT2D eigenvalue weighted by Crippen LogP contribution is 2.35. The molecule has 0 amide bonds. The van der Waals surface area contributed by atoms with Crippen molar-refractivity contribution in [3.05, 3.63) is 23.9 Å². The fourth-order valence-corrected chi connectivity index (χ4v) is 1.35. The number of nitrogens with one attached hydrogen (secondary N) is 1. The highest BCUT2D eigenvalue weighted by molar-refractivity contribution is 6.80. The third-order valence-electron chi connectivity index (χ3n) is 2.27. The number of hydrogen-bond acceptors (Lipinski definition) is 1. The highest BCUT2D eigenvalue weighted by atomic mass is 15.0. The first kappa shape index (κ1) is 8.61. The topological polar surface area (TPSA) is 24.4 Å². The van der Waals surface area contributed by atoms with Gasteiger partial charge in [-0.2, -0.15) is 0 Å². The molecular formula is C10H14BN2. The molecule has 1 N–H and O–H groups in total. The minimum absolute atomic E-state index is 0.791. The number of allylic oxidation sites excluding steroid dienone is 2. The summed E-state index contributed by atoms with van der Waals surface area (Å²) in [5, 5.41) is 3.32. The smallest absolute Gasteiger partial charge is 0.232 e. The first-order valence-corrected chi connectivity index (χ1v) is 4.95. The SMILES string of the molecule is CC/C=C/N=C1[B]C=C(C2CC2)N1. The van der Waals surface area contributed by atoms with E-state index >= 15 is 0 Å². The summed E-state index contributed by atoms with van der Waals surface area (Å²) in [7, 11) is 2.05. The van der Waals surface area contributed by atoms with Crippen LogP contribution in [-0.2, 0) is 0 Å². The van der Waals surface area contributed by atoms with E-state index in [0.29, 0.717) is 0 Å². The monoisotopic (exact) mass is 173 g/mol. The predicted octanol–water partition coefficient (Wildman–Crippen LogP) is 1.82. The Balaban J connectivity index is 1.86. The van der Waals surface area contributed by atoms with E-state index in [9.17, 15) is 0 Å². The molecule has 1 saturated carbocycles. The zero-order valence-electron chi connectivity index (χ0n) is 7.96. The molecule has 1 aliphatic carbocycles. The molecule has 0 atom stereocenters. The average molecular weight is 173 g/mol. The molecule has 13 heavy (non-hydrogen) atoms. The zero-order valence-corrected chi connectivity index (χ0v) is 7.96. The lowest BCUT2D eigenvalue weighted by molar-refractivity contribution is 0.926. The van der Waals surface area contributed by atoms with Crippen molar-refractivity contribution in [3.8, 4) is 0 Å². The van der Waals surface area contributed by atoms with Gasteiger partial charge in [0.25, 0.3) is 0 Å². The second kappa shape index (κ2) is 3.82. The van der Waals surface area contributed by atoms with Gasteiger partial charge in [-0.05, 0) is 25.2 Å². The van der Waals surface area contributed by atoms with Gasteiger partial charge in [-0.25, -0.2) is 0 Å². The van der Waals surface area contributed by atoms with Crippen LogP contribution in [0.4, 0.5) is 0 Å². The Bertz CT molecular complexity index is 275. The van der Waals surface area contributed by atoms with Crippen LogP contribution in [0.5, 0.6) is 0 Å². The molecule has 3 heteroatoms. The van der Waals surface area contributed by atoms with E-state index in [1.165, 1.54) is 18.5 Å². The molecule has 1 aliphatic heterocycles. The van der Waals surface area contributed by atoms with Gasteiger partial charge < -0.3 is 5.32 Å². The van der Waals surface area contributed by atoms with Crippen LogP contribution in [0, 0.1) is 5.92 Å². The molecule has 0 saturated heterocycles. The maximum atomic E-state index is 4.29. The largest absolute Gasteiger partial charge is 0.356 e. The minimum atomic E-state index is 0.791. The molecule has 0 unspecified atom stereocenters. The average Bonchev–Trinajstić information content (AvgIpc) is 2.88. The van der Waals surface area contributed by atoms with E-state index in [0.717, 1.165) is 18.1 Å². The summed E-state index contributed by atoms with van der Waals surface area (Å²) >= 11 is 0. The van der Waals surface area contributed by atoms with E-state index in [1.807, 2.05) is 13.5 Å². The molecule has 1 heterocycles. The Hall–Kier alpha value is -0.985. The van der Waals surface area contributed by atoms with Gasteiger partial charge in [-0.3, -0.25) is 4.99 Å². The van der Waals surface area contributed by atoms with Gasteiger partial charge in [0, 0.05) is 11.9 Å². The second-order valence-corrected chi connectivity index (χ2v) is 3.50. The van der Waals surface area contributed by atoms with Crippen molar-refractivity contribution in [1.29, 1.82) is 0 Å². The van der Waals surface area contributed by atoms with Gasteiger partial charge in [0.1, 0.15) is 0 Å². The fraction of sp³-hybridized carbons (Fsp3) is 0.500. The van der Waals surface area contributed by atoms with Gasteiger partial charge in [-0.15, -0.1) is 0 Å².